The molecule has 0 aliphatic rings. The van der Waals surface area contributed by atoms with Crippen molar-refractivity contribution in [3.05, 3.63) is 30.1 Å². The SMILES string of the molecule is Cc1cc(-c2cc(N)n(SN(C)C)n2)ccn1. The molecule has 2 N–H and O–H groups in total. The van der Waals surface area contributed by atoms with Gasteiger partial charge in [0.25, 0.3) is 0 Å². The summed E-state index contributed by atoms with van der Waals surface area (Å²) in [5, 5.41) is 4.45. The molecule has 2 heterocycles. The van der Waals surface area contributed by atoms with E-state index >= 15 is 0 Å². The van der Waals surface area contributed by atoms with Crippen LogP contribution in [0.15, 0.2) is 24.4 Å². The Balaban J connectivity index is 2.34. The zero-order valence-corrected chi connectivity index (χ0v) is 10.9. The van der Waals surface area contributed by atoms with Crippen LogP contribution in [0.1, 0.15) is 5.69 Å². The molecule has 0 radical (unpaired) electrons. The van der Waals surface area contributed by atoms with Gasteiger partial charge in [0.1, 0.15) is 5.82 Å². The maximum atomic E-state index is 5.90. The standard InChI is InChI=1S/C11H15N5S/c1-8-6-9(4-5-13-8)10-7-11(12)16(14-10)17-15(2)3/h4-7H,12H2,1-3H3. The highest BCUT2D eigenvalue weighted by atomic mass is 32.2. The van der Waals surface area contributed by atoms with Gasteiger partial charge in [0.05, 0.1) is 17.8 Å². The van der Waals surface area contributed by atoms with Crippen molar-refractivity contribution in [3.8, 4) is 11.3 Å². The Labute approximate surface area is 105 Å². The van der Waals surface area contributed by atoms with E-state index < -0.39 is 0 Å². The Morgan fingerprint density at radius 3 is 2.76 bits per heavy atom. The number of nitrogens with zero attached hydrogens (tertiary/aromatic N) is 4. The Morgan fingerprint density at radius 2 is 2.12 bits per heavy atom. The minimum atomic E-state index is 0.633. The minimum Gasteiger partial charge on any atom is -0.383 e. The molecule has 0 saturated heterocycles. The average molecular weight is 249 g/mol. The van der Waals surface area contributed by atoms with Gasteiger partial charge in [-0.25, -0.2) is 4.31 Å². The molecular weight excluding hydrogens is 234 g/mol. The summed E-state index contributed by atoms with van der Waals surface area (Å²) >= 11 is 1.44. The van der Waals surface area contributed by atoms with Crippen LogP contribution in [0, 0.1) is 6.92 Å². The molecule has 0 saturated carbocycles. The summed E-state index contributed by atoms with van der Waals surface area (Å²) in [5.41, 5.74) is 8.76. The summed E-state index contributed by atoms with van der Waals surface area (Å²) in [4.78, 5) is 4.16. The number of nitrogen functional groups attached to an aromatic ring is 1. The zero-order valence-electron chi connectivity index (χ0n) is 10.1. The van der Waals surface area contributed by atoms with E-state index in [1.54, 1.807) is 10.3 Å². The number of aryl methyl sites for hydroxylation is 1. The highest BCUT2D eigenvalue weighted by Crippen LogP contribution is 2.23. The molecule has 0 aliphatic carbocycles. The Hall–Kier alpha value is -1.53. The molecule has 0 unspecified atom stereocenters. The molecular formula is C11H15N5S. The van der Waals surface area contributed by atoms with E-state index in [-0.39, 0.29) is 0 Å². The van der Waals surface area contributed by atoms with Gasteiger partial charge in [-0.3, -0.25) is 4.98 Å². The number of pyridine rings is 1. The van der Waals surface area contributed by atoms with Crippen molar-refractivity contribution in [2.75, 3.05) is 19.8 Å². The number of nitrogens with two attached hydrogens (primary N) is 1. The summed E-state index contributed by atoms with van der Waals surface area (Å²) in [6.07, 6.45) is 1.78. The highest BCUT2D eigenvalue weighted by Gasteiger charge is 2.08. The lowest BCUT2D eigenvalue weighted by atomic mass is 10.2. The van der Waals surface area contributed by atoms with E-state index in [1.165, 1.54) is 12.1 Å². The number of hydrogen-bond acceptors (Lipinski definition) is 5. The Kier molecular flexibility index (Phi) is 3.35. The number of anilines is 1. The predicted molar refractivity (Wildman–Crippen MR) is 71.3 cm³/mol. The molecule has 0 aliphatic heterocycles. The third-order valence-electron chi connectivity index (χ3n) is 2.14. The van der Waals surface area contributed by atoms with Crippen molar-refractivity contribution in [2.45, 2.75) is 6.92 Å². The van der Waals surface area contributed by atoms with Crippen LogP contribution in [0.3, 0.4) is 0 Å². The molecule has 17 heavy (non-hydrogen) atoms. The molecule has 2 rings (SSSR count). The molecule has 0 spiro atoms. The van der Waals surface area contributed by atoms with Crippen LogP contribution >= 0.6 is 12.1 Å². The fraction of sp³-hybridized carbons (Fsp3) is 0.273. The van der Waals surface area contributed by atoms with Gasteiger partial charge < -0.3 is 5.73 Å². The minimum absolute atomic E-state index is 0.633. The van der Waals surface area contributed by atoms with Crippen molar-refractivity contribution >= 4 is 18.0 Å². The van der Waals surface area contributed by atoms with E-state index in [0.29, 0.717) is 5.82 Å². The van der Waals surface area contributed by atoms with E-state index in [4.69, 9.17) is 5.73 Å². The Morgan fingerprint density at radius 1 is 1.35 bits per heavy atom. The van der Waals surface area contributed by atoms with Gasteiger partial charge >= 0.3 is 0 Å². The van der Waals surface area contributed by atoms with Gasteiger partial charge in [-0.05, 0) is 33.2 Å². The van der Waals surface area contributed by atoms with Gasteiger partial charge in [0, 0.05) is 23.5 Å². The summed E-state index contributed by atoms with van der Waals surface area (Å²) < 4.78 is 3.63. The first-order chi connectivity index (χ1) is 8.06. The number of aromatic nitrogens is 3. The third kappa shape index (κ3) is 2.78. The first-order valence-electron chi connectivity index (χ1n) is 5.20. The van der Waals surface area contributed by atoms with Gasteiger partial charge in [0.15, 0.2) is 0 Å². The average Bonchev–Trinajstić information content (AvgIpc) is 2.59. The van der Waals surface area contributed by atoms with E-state index in [0.717, 1.165) is 17.0 Å². The molecule has 6 heteroatoms. The van der Waals surface area contributed by atoms with Crippen LogP contribution in [0.4, 0.5) is 5.82 Å². The second kappa shape index (κ2) is 4.77. The van der Waals surface area contributed by atoms with Crippen LogP contribution in [-0.2, 0) is 0 Å². The molecule has 2 aromatic rings. The molecule has 0 fully saturated rings. The smallest absolute Gasteiger partial charge is 0.136 e. The van der Waals surface area contributed by atoms with Crippen LogP contribution < -0.4 is 5.73 Å². The lowest BCUT2D eigenvalue weighted by molar-refractivity contribution is 0.691. The number of hydrogen-bond donors (Lipinski definition) is 1. The summed E-state index contributed by atoms with van der Waals surface area (Å²) in [6.45, 7) is 1.96. The molecule has 0 aromatic carbocycles. The van der Waals surface area contributed by atoms with Crippen molar-refractivity contribution in [3.63, 3.8) is 0 Å². The van der Waals surface area contributed by atoms with Gasteiger partial charge in [0.2, 0.25) is 0 Å². The Bertz CT molecular complexity index is 520. The predicted octanol–water partition coefficient (Wildman–Crippen LogP) is 1.81. The van der Waals surface area contributed by atoms with Gasteiger partial charge in [-0.1, -0.05) is 0 Å². The van der Waals surface area contributed by atoms with E-state index in [9.17, 15) is 0 Å². The van der Waals surface area contributed by atoms with Crippen LogP contribution in [0.2, 0.25) is 0 Å². The first kappa shape index (κ1) is 11.9. The lowest BCUT2D eigenvalue weighted by Crippen LogP contribution is -2.07. The molecule has 5 nitrogen and oxygen atoms in total. The third-order valence-corrected chi connectivity index (χ3v) is 2.91. The summed E-state index contributed by atoms with van der Waals surface area (Å²) in [6, 6.07) is 5.79. The topological polar surface area (TPSA) is 60.0 Å². The fourth-order valence-electron chi connectivity index (χ4n) is 1.45. The first-order valence-corrected chi connectivity index (χ1v) is 5.93. The van der Waals surface area contributed by atoms with Crippen molar-refractivity contribution < 1.29 is 0 Å². The molecule has 0 bridgehead atoms. The monoisotopic (exact) mass is 249 g/mol. The zero-order chi connectivity index (χ0) is 12.4. The maximum Gasteiger partial charge on any atom is 0.136 e. The second-order valence-electron chi connectivity index (χ2n) is 3.91. The largest absolute Gasteiger partial charge is 0.383 e. The van der Waals surface area contributed by atoms with E-state index in [2.05, 4.69) is 10.1 Å². The van der Waals surface area contributed by atoms with E-state index in [1.807, 2.05) is 43.5 Å². The molecule has 0 atom stereocenters. The maximum absolute atomic E-state index is 5.90. The van der Waals surface area contributed by atoms with Crippen LogP contribution in [0.25, 0.3) is 11.3 Å². The number of rotatable bonds is 3. The quantitative estimate of drug-likeness (QED) is 0.841. The summed E-state index contributed by atoms with van der Waals surface area (Å²) in [7, 11) is 3.89. The molecule has 0 amide bonds. The highest BCUT2D eigenvalue weighted by molar-refractivity contribution is 7.95. The van der Waals surface area contributed by atoms with Crippen LogP contribution in [0.5, 0.6) is 0 Å². The van der Waals surface area contributed by atoms with Crippen LogP contribution in [-0.4, -0.2) is 32.6 Å². The normalized spacial score (nSPS) is 11.1. The van der Waals surface area contributed by atoms with Crippen molar-refractivity contribution in [2.24, 2.45) is 0 Å². The second-order valence-corrected chi connectivity index (χ2v) is 5.15. The fourth-order valence-corrected chi connectivity index (χ4v) is 2.03. The molecule has 90 valence electrons. The van der Waals surface area contributed by atoms with Gasteiger partial charge in [-0.15, -0.1) is 0 Å². The molecule has 2 aromatic heterocycles. The van der Waals surface area contributed by atoms with Crippen molar-refractivity contribution in [1.29, 1.82) is 0 Å². The summed E-state index contributed by atoms with van der Waals surface area (Å²) in [5.74, 6) is 0.633. The van der Waals surface area contributed by atoms with Gasteiger partial charge in [-0.2, -0.15) is 9.19 Å². The lowest BCUT2D eigenvalue weighted by Gasteiger charge is -2.07. The van der Waals surface area contributed by atoms with Crippen molar-refractivity contribution in [1.82, 2.24) is 18.5 Å².